The second-order valence-corrected chi connectivity index (χ2v) is 18.2. The second kappa shape index (κ2) is 15.0. The normalized spacial score (nSPS) is 14.6. The van der Waals surface area contributed by atoms with Gasteiger partial charge >= 0.3 is 0 Å². The highest BCUT2D eigenvalue weighted by molar-refractivity contribution is 6.10. The van der Waals surface area contributed by atoms with E-state index >= 15 is 0 Å². The maximum atomic E-state index is 6.61. The Morgan fingerprint density at radius 2 is 1.06 bits per heavy atom. The highest BCUT2D eigenvalue weighted by atomic mass is 16.3. The van der Waals surface area contributed by atoms with Crippen molar-refractivity contribution in [2.24, 2.45) is 0 Å². The summed E-state index contributed by atoms with van der Waals surface area (Å²) in [5.41, 5.74) is 19.2. The Labute approximate surface area is 370 Å². The molecule has 0 unspecified atom stereocenters. The molecule has 0 saturated heterocycles. The van der Waals surface area contributed by atoms with Gasteiger partial charge in [0, 0.05) is 38.7 Å². The first kappa shape index (κ1) is 37.6. The maximum absolute atomic E-state index is 6.61. The molecule has 1 heterocycles. The van der Waals surface area contributed by atoms with E-state index in [9.17, 15) is 0 Å². The van der Waals surface area contributed by atoms with E-state index in [4.69, 9.17) is 4.42 Å². The number of anilines is 3. The monoisotopic (exact) mass is 811 g/mol. The molecule has 1 fully saturated rings. The van der Waals surface area contributed by atoms with Crippen LogP contribution in [0.2, 0.25) is 0 Å². The summed E-state index contributed by atoms with van der Waals surface area (Å²) >= 11 is 0. The summed E-state index contributed by atoms with van der Waals surface area (Å²) < 4.78 is 6.61. The van der Waals surface area contributed by atoms with Crippen LogP contribution in [0.15, 0.2) is 199 Å². The minimum absolute atomic E-state index is 0.138. The smallest absolute Gasteiger partial charge is 0.143 e. The average molecular weight is 812 g/mol. The lowest BCUT2D eigenvalue weighted by Crippen LogP contribution is -2.16. The third-order valence-corrected chi connectivity index (χ3v) is 14.2. The molecule has 2 aliphatic rings. The summed E-state index contributed by atoms with van der Waals surface area (Å²) in [6.45, 7) is 4.76. The van der Waals surface area contributed by atoms with E-state index in [0.717, 1.165) is 50.1 Å². The first-order valence-corrected chi connectivity index (χ1v) is 22.8. The van der Waals surface area contributed by atoms with Gasteiger partial charge in [0.15, 0.2) is 0 Å². The summed E-state index contributed by atoms with van der Waals surface area (Å²) in [6, 6.07) is 71.9. The summed E-state index contributed by atoms with van der Waals surface area (Å²) in [5.74, 6) is 0.573. The molecule has 1 aromatic heterocycles. The fourth-order valence-corrected chi connectivity index (χ4v) is 11.4. The van der Waals surface area contributed by atoms with E-state index in [2.05, 4.69) is 207 Å². The van der Waals surface area contributed by atoms with E-state index in [1.807, 2.05) is 6.07 Å². The Hall–Kier alpha value is -7.16. The number of para-hydroxylation sites is 3. The molecule has 2 nitrogen and oxygen atoms in total. The number of hydrogen-bond donors (Lipinski definition) is 0. The molecule has 9 aromatic carbocycles. The number of furan rings is 1. The SMILES string of the molecule is CC1(C)c2ccccc2-c2cccc(-c3cccc(N(c4cccc(-c5cccc6c5oc5ccccc56)c4)c4ccccc4-c4cccc5cccc(C6CCCCC6)c45)c3)c21. The van der Waals surface area contributed by atoms with Crippen LogP contribution in [0.4, 0.5) is 17.1 Å². The van der Waals surface area contributed by atoms with Gasteiger partial charge in [-0.15, -0.1) is 0 Å². The molecule has 0 atom stereocenters. The number of rotatable bonds is 7. The minimum Gasteiger partial charge on any atom is -0.455 e. The van der Waals surface area contributed by atoms with Gasteiger partial charge in [-0.25, -0.2) is 0 Å². The predicted molar refractivity (Wildman–Crippen MR) is 266 cm³/mol. The van der Waals surface area contributed by atoms with Crippen molar-refractivity contribution in [2.75, 3.05) is 4.90 Å². The van der Waals surface area contributed by atoms with E-state index in [1.54, 1.807) is 0 Å². The van der Waals surface area contributed by atoms with Crippen LogP contribution in [0.5, 0.6) is 0 Å². The highest BCUT2D eigenvalue weighted by Gasteiger charge is 2.37. The molecule has 63 heavy (non-hydrogen) atoms. The zero-order chi connectivity index (χ0) is 42.1. The lowest BCUT2D eigenvalue weighted by molar-refractivity contribution is 0.445. The van der Waals surface area contributed by atoms with Gasteiger partial charge in [-0.05, 0) is 116 Å². The fraction of sp³-hybridized carbons (Fsp3) is 0.148. The molecule has 0 N–H and O–H groups in total. The Kier molecular flexibility index (Phi) is 8.97. The van der Waals surface area contributed by atoms with Crippen LogP contribution in [0, 0.1) is 0 Å². The molecule has 2 aliphatic carbocycles. The molecular weight excluding hydrogens is 763 g/mol. The molecule has 0 aliphatic heterocycles. The summed E-state index contributed by atoms with van der Waals surface area (Å²) in [6.07, 6.45) is 6.45. The van der Waals surface area contributed by atoms with Crippen molar-refractivity contribution in [1.29, 1.82) is 0 Å². The van der Waals surface area contributed by atoms with Gasteiger partial charge in [0.2, 0.25) is 0 Å². The molecule has 2 heteroatoms. The third-order valence-electron chi connectivity index (χ3n) is 14.2. The van der Waals surface area contributed by atoms with Crippen LogP contribution >= 0.6 is 0 Å². The van der Waals surface area contributed by atoms with Crippen molar-refractivity contribution < 1.29 is 4.42 Å². The largest absolute Gasteiger partial charge is 0.455 e. The van der Waals surface area contributed by atoms with Gasteiger partial charge in [0.05, 0.1) is 5.69 Å². The number of fused-ring (bicyclic) bond motifs is 7. The van der Waals surface area contributed by atoms with E-state index < -0.39 is 0 Å². The Bertz CT molecular complexity index is 3370. The van der Waals surface area contributed by atoms with Crippen LogP contribution in [0.25, 0.3) is 77.2 Å². The number of benzene rings is 9. The van der Waals surface area contributed by atoms with Crippen molar-refractivity contribution in [3.63, 3.8) is 0 Å². The van der Waals surface area contributed by atoms with Crippen molar-refractivity contribution >= 4 is 49.8 Å². The van der Waals surface area contributed by atoms with Crippen LogP contribution in [0.3, 0.4) is 0 Å². The molecule has 0 spiro atoms. The topological polar surface area (TPSA) is 16.4 Å². The fourth-order valence-electron chi connectivity index (χ4n) is 11.4. The average Bonchev–Trinajstić information content (AvgIpc) is 3.84. The summed E-state index contributed by atoms with van der Waals surface area (Å²) in [7, 11) is 0. The van der Waals surface area contributed by atoms with Crippen LogP contribution < -0.4 is 4.90 Å². The Morgan fingerprint density at radius 3 is 1.89 bits per heavy atom. The number of nitrogens with zero attached hydrogens (tertiary/aromatic N) is 1. The van der Waals surface area contributed by atoms with E-state index in [0.29, 0.717) is 5.92 Å². The van der Waals surface area contributed by atoms with Crippen LogP contribution in [-0.2, 0) is 5.41 Å². The Balaban J connectivity index is 1.08. The molecule has 304 valence electrons. The maximum Gasteiger partial charge on any atom is 0.143 e. The second-order valence-electron chi connectivity index (χ2n) is 18.2. The predicted octanol–water partition coefficient (Wildman–Crippen LogP) is 17.6. The van der Waals surface area contributed by atoms with E-state index in [-0.39, 0.29) is 5.41 Å². The molecule has 12 rings (SSSR count). The lowest BCUT2D eigenvalue weighted by atomic mass is 9.79. The van der Waals surface area contributed by atoms with Gasteiger partial charge in [-0.2, -0.15) is 0 Å². The van der Waals surface area contributed by atoms with Gasteiger partial charge in [-0.3, -0.25) is 0 Å². The van der Waals surface area contributed by atoms with Gasteiger partial charge in [0.1, 0.15) is 11.2 Å². The minimum atomic E-state index is -0.138. The standard InChI is InChI=1S/C61H49NO/c1-61(2)55-35-9-6-26-49(55)53-33-16-30-47(59(53)61)42-22-12-24-44(38-42)62(45-25-13-23-43(39-45)48-31-17-34-54-51-28-8-11-37-57(51)63-60(48)54)56-36-10-7-27-50(56)52-32-15-21-41-20-14-29-46(58(41)52)40-18-4-3-5-19-40/h6-17,20-40H,3-5,18-19H2,1-2H3. The Morgan fingerprint density at radius 1 is 0.476 bits per heavy atom. The van der Waals surface area contributed by atoms with Gasteiger partial charge in [0.25, 0.3) is 0 Å². The van der Waals surface area contributed by atoms with Gasteiger partial charge < -0.3 is 9.32 Å². The molecule has 1 saturated carbocycles. The van der Waals surface area contributed by atoms with Crippen molar-refractivity contribution in [3.05, 3.63) is 211 Å². The lowest BCUT2D eigenvalue weighted by Gasteiger charge is -2.30. The molecule has 0 bridgehead atoms. The van der Waals surface area contributed by atoms with Crippen LogP contribution in [0.1, 0.15) is 68.6 Å². The van der Waals surface area contributed by atoms with Crippen LogP contribution in [-0.4, -0.2) is 0 Å². The summed E-state index contributed by atoms with van der Waals surface area (Å²) in [5, 5.41) is 4.97. The molecule has 0 amide bonds. The first-order valence-electron chi connectivity index (χ1n) is 22.8. The first-order chi connectivity index (χ1) is 31.0. The van der Waals surface area contributed by atoms with Crippen molar-refractivity contribution in [1.82, 2.24) is 0 Å². The quantitative estimate of drug-likeness (QED) is 0.159. The molecule has 10 aromatic rings. The molecule has 0 radical (unpaired) electrons. The zero-order valence-corrected chi connectivity index (χ0v) is 35.9. The molecular formula is C61H49NO. The van der Waals surface area contributed by atoms with Crippen molar-refractivity contribution in [2.45, 2.75) is 57.3 Å². The van der Waals surface area contributed by atoms with E-state index in [1.165, 1.54) is 92.9 Å². The zero-order valence-electron chi connectivity index (χ0n) is 35.9. The van der Waals surface area contributed by atoms with Crippen molar-refractivity contribution in [3.8, 4) is 44.5 Å². The highest BCUT2D eigenvalue weighted by Crippen LogP contribution is 2.53. The summed E-state index contributed by atoms with van der Waals surface area (Å²) in [4.78, 5) is 2.49. The third kappa shape index (κ3) is 6.15. The van der Waals surface area contributed by atoms with Gasteiger partial charge in [-0.1, -0.05) is 191 Å². The number of hydrogen-bond acceptors (Lipinski definition) is 2.